The summed E-state index contributed by atoms with van der Waals surface area (Å²) in [7, 11) is 0. The first kappa shape index (κ1) is 11.5. The molecule has 0 bridgehead atoms. The molecule has 2 aromatic rings. The molecule has 0 amide bonds. The van der Waals surface area contributed by atoms with Crippen molar-refractivity contribution in [1.82, 2.24) is 4.37 Å². The van der Waals surface area contributed by atoms with Gasteiger partial charge in [-0.2, -0.15) is 4.37 Å². The van der Waals surface area contributed by atoms with Crippen molar-refractivity contribution in [1.29, 1.82) is 0 Å². The first-order chi connectivity index (χ1) is 8.75. The number of nitrogens with zero attached hydrogens (tertiary/aromatic N) is 1. The Kier molecular flexibility index (Phi) is 2.96. The van der Waals surface area contributed by atoms with Gasteiger partial charge in [0.25, 0.3) is 0 Å². The van der Waals surface area contributed by atoms with Crippen LogP contribution >= 0.6 is 11.5 Å². The number of aromatic nitrogens is 1. The molecular weight excluding hydrogens is 242 g/mol. The lowest BCUT2D eigenvalue weighted by Crippen LogP contribution is -2.02. The van der Waals surface area contributed by atoms with E-state index in [9.17, 15) is 0 Å². The van der Waals surface area contributed by atoms with Gasteiger partial charge in [0.05, 0.1) is 0 Å². The summed E-state index contributed by atoms with van der Waals surface area (Å²) in [5.41, 5.74) is 9.82. The van der Waals surface area contributed by atoms with Crippen LogP contribution in [-0.2, 0) is 6.54 Å². The van der Waals surface area contributed by atoms with Crippen molar-refractivity contribution < 1.29 is 0 Å². The molecule has 0 atom stereocenters. The van der Waals surface area contributed by atoms with Crippen molar-refractivity contribution in [3.63, 3.8) is 0 Å². The maximum absolute atomic E-state index is 5.94. The summed E-state index contributed by atoms with van der Waals surface area (Å²) in [6, 6.07) is 8.44. The lowest BCUT2D eigenvalue weighted by molar-refractivity contribution is 1.09. The highest BCUT2D eigenvalue weighted by atomic mass is 32.1. The van der Waals surface area contributed by atoms with Gasteiger partial charge in [0.15, 0.2) is 0 Å². The Morgan fingerprint density at radius 3 is 2.89 bits per heavy atom. The molecule has 3 rings (SSSR count). The number of hydrogen-bond acceptors (Lipinski definition) is 4. The van der Waals surface area contributed by atoms with Crippen LogP contribution in [0.5, 0.6) is 0 Å². The van der Waals surface area contributed by atoms with E-state index >= 15 is 0 Å². The molecule has 1 heterocycles. The Bertz CT molecular complexity index is 558. The van der Waals surface area contributed by atoms with E-state index in [4.69, 9.17) is 5.73 Å². The zero-order valence-electron chi connectivity index (χ0n) is 10.4. The lowest BCUT2D eigenvalue weighted by Gasteiger charge is -2.08. The van der Waals surface area contributed by atoms with Crippen molar-refractivity contribution in [2.45, 2.75) is 32.2 Å². The molecule has 0 saturated heterocycles. The van der Waals surface area contributed by atoms with Gasteiger partial charge in [0.2, 0.25) is 0 Å². The van der Waals surface area contributed by atoms with Gasteiger partial charge in [-0.15, -0.1) is 0 Å². The summed E-state index contributed by atoms with van der Waals surface area (Å²) in [4.78, 5) is 0. The van der Waals surface area contributed by atoms with Gasteiger partial charge in [-0.3, -0.25) is 0 Å². The summed E-state index contributed by atoms with van der Waals surface area (Å²) >= 11 is 1.48. The minimum absolute atomic E-state index is 0.642. The van der Waals surface area contributed by atoms with Crippen molar-refractivity contribution in [3.8, 4) is 0 Å². The Morgan fingerprint density at radius 2 is 2.17 bits per heavy atom. The minimum Gasteiger partial charge on any atom is -0.383 e. The standard InChI is InChI=1S/C14H17N3S/c1-9-4-2-3-5-11(9)8-16-14-12(10-6-7-10)13(15)17-18-14/h2-5,10,16H,6-8H2,1H3,(H2,15,17). The number of hydrogen-bond donors (Lipinski definition) is 2. The second-order valence-corrected chi connectivity index (χ2v) is 5.64. The zero-order valence-corrected chi connectivity index (χ0v) is 11.3. The summed E-state index contributed by atoms with van der Waals surface area (Å²) in [6.07, 6.45) is 2.50. The molecule has 18 heavy (non-hydrogen) atoms. The van der Waals surface area contributed by atoms with E-state index in [0.29, 0.717) is 5.92 Å². The number of rotatable bonds is 4. The van der Waals surface area contributed by atoms with Gasteiger partial charge >= 0.3 is 0 Å². The number of nitrogens with two attached hydrogens (primary N) is 1. The monoisotopic (exact) mass is 259 g/mol. The predicted octanol–water partition coefficient (Wildman–Crippen LogP) is 3.52. The van der Waals surface area contributed by atoms with Crippen molar-refractivity contribution >= 4 is 22.4 Å². The molecule has 1 aromatic heterocycles. The number of benzene rings is 1. The number of aryl methyl sites for hydroxylation is 1. The predicted molar refractivity (Wildman–Crippen MR) is 77.0 cm³/mol. The second-order valence-electron chi connectivity index (χ2n) is 4.86. The van der Waals surface area contributed by atoms with Crippen molar-refractivity contribution in [3.05, 3.63) is 41.0 Å². The van der Waals surface area contributed by atoms with Crippen LogP contribution in [0.3, 0.4) is 0 Å². The van der Waals surface area contributed by atoms with Gasteiger partial charge < -0.3 is 11.1 Å². The fourth-order valence-electron chi connectivity index (χ4n) is 2.19. The number of nitrogen functional groups attached to an aromatic ring is 1. The average Bonchev–Trinajstić information content (AvgIpc) is 3.13. The Morgan fingerprint density at radius 1 is 1.39 bits per heavy atom. The van der Waals surface area contributed by atoms with Crippen LogP contribution < -0.4 is 11.1 Å². The molecule has 0 unspecified atom stereocenters. The summed E-state index contributed by atoms with van der Waals surface area (Å²) in [5, 5.41) is 4.64. The summed E-state index contributed by atoms with van der Waals surface area (Å²) in [6.45, 7) is 2.98. The normalized spacial score (nSPS) is 14.7. The van der Waals surface area contributed by atoms with E-state index in [-0.39, 0.29) is 0 Å². The lowest BCUT2D eigenvalue weighted by atomic mass is 10.1. The van der Waals surface area contributed by atoms with Crippen molar-refractivity contribution in [2.24, 2.45) is 0 Å². The first-order valence-electron chi connectivity index (χ1n) is 6.29. The van der Waals surface area contributed by atoms with Gasteiger partial charge in [0.1, 0.15) is 10.8 Å². The summed E-state index contributed by atoms with van der Waals surface area (Å²) < 4.78 is 4.27. The smallest absolute Gasteiger partial charge is 0.142 e. The molecule has 0 radical (unpaired) electrons. The molecule has 1 aromatic carbocycles. The third kappa shape index (κ3) is 2.20. The molecular formula is C14H17N3S. The largest absolute Gasteiger partial charge is 0.383 e. The van der Waals surface area contributed by atoms with E-state index in [1.165, 1.54) is 41.1 Å². The Balaban J connectivity index is 1.76. The van der Waals surface area contributed by atoms with Crippen LogP contribution in [0.25, 0.3) is 0 Å². The van der Waals surface area contributed by atoms with E-state index in [2.05, 4.69) is 40.9 Å². The highest BCUT2D eigenvalue weighted by Crippen LogP contribution is 2.47. The topological polar surface area (TPSA) is 50.9 Å². The molecule has 1 aliphatic carbocycles. The summed E-state index contributed by atoms with van der Waals surface area (Å²) in [5.74, 6) is 1.36. The molecule has 0 spiro atoms. The van der Waals surface area contributed by atoms with Gasteiger partial charge in [0, 0.05) is 12.1 Å². The van der Waals surface area contributed by atoms with Gasteiger partial charge in [-0.25, -0.2) is 0 Å². The molecule has 4 heteroatoms. The van der Waals surface area contributed by atoms with Crippen LogP contribution in [-0.4, -0.2) is 4.37 Å². The van der Waals surface area contributed by atoms with Crippen LogP contribution in [0.1, 0.15) is 35.4 Å². The molecule has 94 valence electrons. The van der Waals surface area contributed by atoms with E-state index in [1.54, 1.807) is 0 Å². The molecule has 1 saturated carbocycles. The van der Waals surface area contributed by atoms with Crippen LogP contribution in [0.2, 0.25) is 0 Å². The fourth-order valence-corrected chi connectivity index (χ4v) is 2.98. The Hall–Kier alpha value is -1.55. The molecule has 3 nitrogen and oxygen atoms in total. The van der Waals surface area contributed by atoms with E-state index < -0.39 is 0 Å². The average molecular weight is 259 g/mol. The third-order valence-corrected chi connectivity index (χ3v) is 4.28. The maximum atomic E-state index is 5.94. The van der Waals surface area contributed by atoms with Crippen LogP contribution in [0, 0.1) is 6.92 Å². The molecule has 1 fully saturated rings. The van der Waals surface area contributed by atoms with Crippen LogP contribution in [0.15, 0.2) is 24.3 Å². The Labute approximate surface area is 111 Å². The highest BCUT2D eigenvalue weighted by molar-refractivity contribution is 7.10. The molecule has 1 aliphatic rings. The minimum atomic E-state index is 0.642. The zero-order chi connectivity index (χ0) is 12.5. The SMILES string of the molecule is Cc1ccccc1CNc1snc(N)c1C1CC1. The first-order valence-corrected chi connectivity index (χ1v) is 7.06. The fraction of sp³-hybridized carbons (Fsp3) is 0.357. The van der Waals surface area contributed by atoms with E-state index in [0.717, 1.165) is 17.4 Å². The van der Waals surface area contributed by atoms with Crippen molar-refractivity contribution in [2.75, 3.05) is 11.1 Å². The van der Waals surface area contributed by atoms with Gasteiger partial charge in [-0.1, -0.05) is 24.3 Å². The quantitative estimate of drug-likeness (QED) is 0.883. The number of nitrogens with one attached hydrogen (secondary N) is 1. The maximum Gasteiger partial charge on any atom is 0.142 e. The van der Waals surface area contributed by atoms with Crippen LogP contribution in [0.4, 0.5) is 10.8 Å². The second kappa shape index (κ2) is 4.61. The molecule has 0 aliphatic heterocycles. The third-order valence-electron chi connectivity index (χ3n) is 3.44. The van der Waals surface area contributed by atoms with Gasteiger partial charge in [-0.05, 0) is 48.3 Å². The van der Waals surface area contributed by atoms with E-state index in [1.807, 2.05) is 0 Å². The number of anilines is 2. The molecule has 3 N–H and O–H groups in total. The highest BCUT2D eigenvalue weighted by Gasteiger charge is 2.30.